The number of aliphatic hydroxyl groups excluding tert-OH is 1. The molecule has 0 bridgehead atoms. The van der Waals surface area contributed by atoms with Crippen molar-refractivity contribution in [3.8, 4) is 6.07 Å². The van der Waals surface area contributed by atoms with E-state index in [2.05, 4.69) is 16.4 Å². The van der Waals surface area contributed by atoms with Gasteiger partial charge in [0.15, 0.2) is 0 Å². The van der Waals surface area contributed by atoms with Gasteiger partial charge in [0.2, 0.25) is 0 Å². The zero-order chi connectivity index (χ0) is 13.7. The van der Waals surface area contributed by atoms with Crippen molar-refractivity contribution in [3.63, 3.8) is 0 Å². The normalized spacial score (nSPS) is 15.4. The molecule has 1 atom stereocenters. The highest BCUT2D eigenvalue weighted by Gasteiger charge is 2.15. The van der Waals surface area contributed by atoms with E-state index >= 15 is 0 Å². The summed E-state index contributed by atoms with van der Waals surface area (Å²) < 4.78 is 0. The minimum absolute atomic E-state index is 0.380. The molecule has 0 aliphatic heterocycles. The van der Waals surface area contributed by atoms with E-state index in [1.807, 2.05) is 13.0 Å². The second kappa shape index (κ2) is 6.53. The van der Waals surface area contributed by atoms with Crippen LogP contribution in [0.15, 0.2) is 6.07 Å². The van der Waals surface area contributed by atoms with Crippen molar-refractivity contribution in [1.29, 1.82) is 5.26 Å². The third kappa shape index (κ3) is 3.45. The van der Waals surface area contributed by atoms with Crippen LogP contribution >= 0.6 is 0 Å². The largest absolute Gasteiger partial charge is 0.391 e. The van der Waals surface area contributed by atoms with Crippen LogP contribution in [0.5, 0.6) is 0 Å². The molecule has 0 saturated carbocycles. The maximum atomic E-state index is 9.74. The molecule has 102 valence electrons. The summed E-state index contributed by atoms with van der Waals surface area (Å²) in [7, 11) is 0. The number of hydrogen-bond acceptors (Lipinski definition) is 4. The molecule has 0 amide bonds. The van der Waals surface area contributed by atoms with Crippen molar-refractivity contribution in [2.75, 3.05) is 11.9 Å². The maximum absolute atomic E-state index is 9.74. The van der Waals surface area contributed by atoms with Gasteiger partial charge < -0.3 is 10.4 Å². The summed E-state index contributed by atoms with van der Waals surface area (Å²) in [5.41, 5.74) is 2.91. The quantitative estimate of drug-likeness (QED) is 0.852. The molecular weight excluding hydrogens is 238 g/mol. The first-order chi connectivity index (χ1) is 9.24. The molecular formula is C15H21N3O. The second-order valence-electron chi connectivity index (χ2n) is 5.13. The Balaban J connectivity index is 2.13. The van der Waals surface area contributed by atoms with Gasteiger partial charge in [0.1, 0.15) is 11.9 Å². The summed E-state index contributed by atoms with van der Waals surface area (Å²) in [5, 5.41) is 22.1. The molecule has 0 fully saturated rings. The number of nitriles is 1. The van der Waals surface area contributed by atoms with Gasteiger partial charge in [-0.1, -0.05) is 13.3 Å². The zero-order valence-corrected chi connectivity index (χ0v) is 11.4. The second-order valence-corrected chi connectivity index (χ2v) is 5.13. The van der Waals surface area contributed by atoms with E-state index < -0.39 is 0 Å². The number of nitrogens with zero attached hydrogens (tertiary/aromatic N) is 2. The van der Waals surface area contributed by atoms with E-state index in [0.717, 1.165) is 31.4 Å². The maximum Gasteiger partial charge on any atom is 0.144 e. The molecule has 1 aromatic rings. The molecule has 0 saturated heterocycles. The van der Waals surface area contributed by atoms with Crippen molar-refractivity contribution < 1.29 is 5.11 Å². The molecule has 1 aromatic heterocycles. The summed E-state index contributed by atoms with van der Waals surface area (Å²) in [6.45, 7) is 2.50. The highest BCUT2D eigenvalue weighted by atomic mass is 16.3. The lowest BCUT2D eigenvalue weighted by Gasteiger charge is -2.18. The number of fused-ring (bicyclic) bond motifs is 1. The van der Waals surface area contributed by atoms with E-state index in [1.165, 1.54) is 18.4 Å². The topological polar surface area (TPSA) is 68.9 Å². The monoisotopic (exact) mass is 259 g/mol. The van der Waals surface area contributed by atoms with Crippen LogP contribution in [-0.4, -0.2) is 22.7 Å². The van der Waals surface area contributed by atoms with Crippen LogP contribution < -0.4 is 5.32 Å². The smallest absolute Gasteiger partial charge is 0.144 e. The summed E-state index contributed by atoms with van der Waals surface area (Å²) in [6, 6.07) is 4.15. The molecule has 1 unspecified atom stereocenters. The first-order valence-corrected chi connectivity index (χ1v) is 7.09. The average Bonchev–Trinajstić information content (AvgIpc) is 2.44. The highest BCUT2D eigenvalue weighted by molar-refractivity contribution is 5.54. The number of anilines is 1. The minimum atomic E-state index is -0.380. The van der Waals surface area contributed by atoms with E-state index in [9.17, 15) is 10.4 Å². The van der Waals surface area contributed by atoms with Gasteiger partial charge in [-0.2, -0.15) is 5.26 Å². The predicted octanol–water partition coefficient (Wildman–Crippen LogP) is 2.40. The van der Waals surface area contributed by atoms with Crippen LogP contribution in [0.2, 0.25) is 0 Å². The van der Waals surface area contributed by atoms with Crippen LogP contribution in [0.1, 0.15) is 49.4 Å². The van der Waals surface area contributed by atoms with Crippen molar-refractivity contribution in [2.45, 2.75) is 51.6 Å². The Bertz CT molecular complexity index is 479. The minimum Gasteiger partial charge on any atom is -0.391 e. The molecule has 1 aliphatic rings. The highest BCUT2D eigenvalue weighted by Crippen LogP contribution is 2.24. The van der Waals surface area contributed by atoms with Crippen molar-refractivity contribution >= 4 is 5.82 Å². The lowest BCUT2D eigenvalue weighted by molar-refractivity contribution is 0.176. The van der Waals surface area contributed by atoms with Gasteiger partial charge in [0.05, 0.1) is 11.7 Å². The van der Waals surface area contributed by atoms with Crippen molar-refractivity contribution in [1.82, 2.24) is 4.98 Å². The average molecular weight is 259 g/mol. The van der Waals surface area contributed by atoms with Crippen LogP contribution in [0.25, 0.3) is 0 Å². The standard InChI is InChI=1S/C15H21N3O/c1-2-5-13(19)10-17-15-12(9-16)8-11-6-3-4-7-14(11)18-15/h8,13,19H,2-7,10H2,1H3,(H,17,18). The number of nitrogens with one attached hydrogen (secondary N) is 1. The molecule has 0 spiro atoms. The summed E-state index contributed by atoms with van der Waals surface area (Å²) in [6.07, 6.45) is 5.70. The Hall–Kier alpha value is -1.60. The first-order valence-electron chi connectivity index (χ1n) is 7.09. The number of aryl methyl sites for hydroxylation is 2. The van der Waals surface area contributed by atoms with E-state index in [0.29, 0.717) is 17.9 Å². The molecule has 4 nitrogen and oxygen atoms in total. The lowest BCUT2D eigenvalue weighted by atomic mass is 9.95. The Morgan fingerprint density at radius 3 is 3.00 bits per heavy atom. The molecule has 1 aliphatic carbocycles. The number of aliphatic hydroxyl groups is 1. The van der Waals surface area contributed by atoms with Crippen LogP contribution in [-0.2, 0) is 12.8 Å². The summed E-state index contributed by atoms with van der Waals surface area (Å²) in [4.78, 5) is 4.57. The van der Waals surface area contributed by atoms with Gasteiger partial charge in [-0.15, -0.1) is 0 Å². The fraction of sp³-hybridized carbons (Fsp3) is 0.600. The lowest BCUT2D eigenvalue weighted by Crippen LogP contribution is -2.21. The van der Waals surface area contributed by atoms with Crippen molar-refractivity contribution in [3.05, 3.63) is 22.9 Å². The molecule has 0 radical (unpaired) electrons. The molecule has 1 heterocycles. The summed E-state index contributed by atoms with van der Waals surface area (Å²) in [5.74, 6) is 0.623. The molecule has 2 rings (SSSR count). The fourth-order valence-electron chi connectivity index (χ4n) is 2.50. The third-order valence-electron chi connectivity index (χ3n) is 3.55. The molecule has 2 N–H and O–H groups in total. The van der Waals surface area contributed by atoms with E-state index in [1.54, 1.807) is 0 Å². The van der Waals surface area contributed by atoms with Crippen LogP contribution in [0, 0.1) is 11.3 Å². The predicted molar refractivity (Wildman–Crippen MR) is 75.0 cm³/mol. The molecule has 4 heteroatoms. The number of hydrogen-bond donors (Lipinski definition) is 2. The third-order valence-corrected chi connectivity index (χ3v) is 3.55. The van der Waals surface area contributed by atoms with Crippen LogP contribution in [0.3, 0.4) is 0 Å². The van der Waals surface area contributed by atoms with Gasteiger partial charge in [-0.05, 0) is 43.7 Å². The van der Waals surface area contributed by atoms with Gasteiger partial charge in [-0.3, -0.25) is 0 Å². The van der Waals surface area contributed by atoms with Crippen molar-refractivity contribution in [2.24, 2.45) is 0 Å². The van der Waals surface area contributed by atoms with E-state index in [4.69, 9.17) is 0 Å². The Morgan fingerprint density at radius 2 is 2.26 bits per heavy atom. The first kappa shape index (κ1) is 13.8. The SMILES string of the molecule is CCCC(O)CNc1nc2c(cc1C#N)CCCC2. The van der Waals surface area contributed by atoms with Gasteiger partial charge in [0.25, 0.3) is 0 Å². The molecule has 19 heavy (non-hydrogen) atoms. The summed E-state index contributed by atoms with van der Waals surface area (Å²) >= 11 is 0. The Morgan fingerprint density at radius 1 is 1.47 bits per heavy atom. The molecule has 0 aromatic carbocycles. The van der Waals surface area contributed by atoms with E-state index in [-0.39, 0.29) is 6.10 Å². The fourth-order valence-corrected chi connectivity index (χ4v) is 2.50. The number of pyridine rings is 1. The number of aromatic nitrogens is 1. The van der Waals surface area contributed by atoms with Crippen LogP contribution in [0.4, 0.5) is 5.82 Å². The Kier molecular flexibility index (Phi) is 4.75. The van der Waals surface area contributed by atoms with Gasteiger partial charge in [-0.25, -0.2) is 4.98 Å². The van der Waals surface area contributed by atoms with Gasteiger partial charge in [0, 0.05) is 12.2 Å². The van der Waals surface area contributed by atoms with Gasteiger partial charge >= 0.3 is 0 Å². The zero-order valence-electron chi connectivity index (χ0n) is 11.4. The Labute approximate surface area is 114 Å². The number of rotatable bonds is 5.